The van der Waals surface area contributed by atoms with E-state index in [2.05, 4.69) is 42.3 Å². The Balaban J connectivity index is 1.82. The van der Waals surface area contributed by atoms with Crippen LogP contribution in [-0.4, -0.2) is 63.0 Å². The van der Waals surface area contributed by atoms with Gasteiger partial charge >= 0.3 is 0 Å². The van der Waals surface area contributed by atoms with Crippen molar-refractivity contribution in [3.8, 4) is 0 Å². The summed E-state index contributed by atoms with van der Waals surface area (Å²) in [5.74, 6) is 0.0482. The number of nitrogens with two attached hydrogens (primary N) is 1. The molecule has 1 fully saturated rings. The maximum Gasteiger partial charge on any atom is 0.277 e. The lowest BCUT2D eigenvalue weighted by Gasteiger charge is -2.36. The summed E-state index contributed by atoms with van der Waals surface area (Å²) in [4.78, 5) is 27.6. The van der Waals surface area contributed by atoms with E-state index in [4.69, 9.17) is 0 Å². The molecule has 6 heteroatoms. The molecule has 0 atom stereocenters. The number of aryl methyl sites for hydroxylation is 1. The molecule has 0 bridgehead atoms. The molecule has 23 heavy (non-hydrogen) atoms. The first-order valence-corrected chi connectivity index (χ1v) is 8.14. The summed E-state index contributed by atoms with van der Waals surface area (Å²) in [5.41, 5.74) is 3.87. The lowest BCUT2D eigenvalue weighted by molar-refractivity contribution is -0.633. The Bertz CT molecular complexity index is 566. The van der Waals surface area contributed by atoms with Gasteiger partial charge in [0.25, 0.3) is 11.8 Å². The summed E-state index contributed by atoms with van der Waals surface area (Å²) in [7, 11) is 1.60. The number of carbonyl (C=O) groups excluding carboxylic acids is 2. The van der Waals surface area contributed by atoms with Crippen molar-refractivity contribution in [2.75, 3.05) is 51.2 Å². The van der Waals surface area contributed by atoms with Crippen molar-refractivity contribution in [2.45, 2.75) is 13.8 Å². The summed E-state index contributed by atoms with van der Waals surface area (Å²) in [5, 5.41) is 4.30. The Kier molecular flexibility index (Phi) is 5.98. The lowest BCUT2D eigenvalue weighted by atomic mass is 10.1. The quantitative estimate of drug-likeness (QED) is 0.751. The highest BCUT2D eigenvalue weighted by Gasteiger charge is 2.23. The highest BCUT2D eigenvalue weighted by Crippen LogP contribution is 2.23. The van der Waals surface area contributed by atoms with Crippen LogP contribution in [-0.2, 0) is 9.59 Å². The van der Waals surface area contributed by atoms with Crippen LogP contribution in [0.4, 0.5) is 5.69 Å². The van der Waals surface area contributed by atoms with E-state index in [0.717, 1.165) is 26.2 Å². The van der Waals surface area contributed by atoms with Gasteiger partial charge in [-0.15, -0.1) is 0 Å². The number of nitrogens with zero attached hydrogens (tertiary/aromatic N) is 2. The SMILES string of the molecule is CNC(=O)C[NH2+]CC(=O)N1CCN(c2cccc(C)c2C)CC1. The Labute approximate surface area is 137 Å². The van der Waals surface area contributed by atoms with Crippen LogP contribution in [0.2, 0.25) is 0 Å². The number of hydrogen-bond acceptors (Lipinski definition) is 3. The smallest absolute Gasteiger partial charge is 0.277 e. The average Bonchev–Trinajstić information content (AvgIpc) is 2.57. The van der Waals surface area contributed by atoms with E-state index in [9.17, 15) is 9.59 Å². The molecule has 0 radical (unpaired) electrons. The van der Waals surface area contributed by atoms with E-state index in [-0.39, 0.29) is 11.8 Å². The third-order valence-corrected chi connectivity index (χ3v) is 4.48. The number of quaternary nitrogens is 1. The Morgan fingerprint density at radius 3 is 2.48 bits per heavy atom. The summed E-state index contributed by atoms with van der Waals surface area (Å²) in [6, 6.07) is 6.36. The second kappa shape index (κ2) is 7.97. The molecule has 1 aliphatic heterocycles. The van der Waals surface area contributed by atoms with Crippen molar-refractivity contribution in [3.63, 3.8) is 0 Å². The fraction of sp³-hybridized carbons (Fsp3) is 0.529. The van der Waals surface area contributed by atoms with Crippen molar-refractivity contribution in [1.29, 1.82) is 0 Å². The fourth-order valence-corrected chi connectivity index (χ4v) is 2.83. The molecule has 126 valence electrons. The number of amides is 2. The van der Waals surface area contributed by atoms with Gasteiger partial charge in [0.15, 0.2) is 13.1 Å². The van der Waals surface area contributed by atoms with Gasteiger partial charge in [0.05, 0.1) is 0 Å². The van der Waals surface area contributed by atoms with Crippen molar-refractivity contribution in [1.82, 2.24) is 10.2 Å². The predicted molar refractivity (Wildman–Crippen MR) is 90.4 cm³/mol. The lowest BCUT2D eigenvalue weighted by Crippen LogP contribution is -2.88. The van der Waals surface area contributed by atoms with Crippen LogP contribution in [0.25, 0.3) is 0 Å². The molecular weight excluding hydrogens is 292 g/mol. The van der Waals surface area contributed by atoms with Crippen LogP contribution in [0.5, 0.6) is 0 Å². The van der Waals surface area contributed by atoms with Crippen molar-refractivity contribution < 1.29 is 14.9 Å². The second-order valence-electron chi connectivity index (χ2n) is 5.96. The maximum atomic E-state index is 12.2. The zero-order valence-electron chi connectivity index (χ0n) is 14.3. The van der Waals surface area contributed by atoms with E-state index in [0.29, 0.717) is 13.1 Å². The number of anilines is 1. The minimum atomic E-state index is -0.0578. The van der Waals surface area contributed by atoms with Gasteiger partial charge in [-0.05, 0) is 31.0 Å². The first-order valence-electron chi connectivity index (χ1n) is 8.14. The van der Waals surface area contributed by atoms with E-state index < -0.39 is 0 Å². The molecule has 1 aromatic rings. The van der Waals surface area contributed by atoms with Crippen LogP contribution in [0.3, 0.4) is 0 Å². The molecule has 2 amide bonds. The Morgan fingerprint density at radius 2 is 1.83 bits per heavy atom. The Morgan fingerprint density at radius 1 is 1.13 bits per heavy atom. The van der Waals surface area contributed by atoms with Gasteiger partial charge in [0, 0.05) is 38.9 Å². The molecule has 0 spiro atoms. The number of hydrogen-bond donors (Lipinski definition) is 2. The summed E-state index contributed by atoms with van der Waals surface area (Å²) >= 11 is 0. The first kappa shape index (κ1) is 17.3. The van der Waals surface area contributed by atoms with Gasteiger partial charge in [-0.3, -0.25) is 9.59 Å². The van der Waals surface area contributed by atoms with Crippen LogP contribution < -0.4 is 15.5 Å². The van der Waals surface area contributed by atoms with Gasteiger partial charge in [-0.25, -0.2) is 0 Å². The van der Waals surface area contributed by atoms with Gasteiger partial charge < -0.3 is 20.4 Å². The molecule has 0 saturated carbocycles. The zero-order chi connectivity index (χ0) is 16.8. The number of carbonyl (C=O) groups is 2. The number of benzene rings is 1. The van der Waals surface area contributed by atoms with Crippen molar-refractivity contribution >= 4 is 17.5 Å². The number of nitrogens with one attached hydrogen (secondary N) is 1. The molecule has 3 N–H and O–H groups in total. The highest BCUT2D eigenvalue weighted by molar-refractivity contribution is 5.78. The molecule has 0 unspecified atom stereocenters. The molecule has 1 heterocycles. The number of likely N-dealkylation sites (N-methyl/N-ethyl adjacent to an activating group) is 1. The van der Waals surface area contributed by atoms with Gasteiger partial charge in [0.1, 0.15) is 0 Å². The van der Waals surface area contributed by atoms with E-state index in [1.54, 1.807) is 12.4 Å². The predicted octanol–water partition coefficient (Wildman–Crippen LogP) is -0.739. The highest BCUT2D eigenvalue weighted by atomic mass is 16.2. The zero-order valence-corrected chi connectivity index (χ0v) is 14.3. The fourth-order valence-electron chi connectivity index (χ4n) is 2.83. The van der Waals surface area contributed by atoms with Gasteiger partial charge in [0.2, 0.25) is 0 Å². The molecule has 6 nitrogen and oxygen atoms in total. The van der Waals surface area contributed by atoms with Gasteiger partial charge in [-0.1, -0.05) is 12.1 Å². The normalized spacial score (nSPS) is 14.7. The van der Waals surface area contributed by atoms with E-state index >= 15 is 0 Å². The molecule has 0 aliphatic carbocycles. The van der Waals surface area contributed by atoms with Crippen LogP contribution >= 0.6 is 0 Å². The van der Waals surface area contributed by atoms with Crippen molar-refractivity contribution in [3.05, 3.63) is 29.3 Å². The molecular formula is C17H27N4O2+. The second-order valence-corrected chi connectivity index (χ2v) is 5.96. The van der Waals surface area contributed by atoms with Crippen molar-refractivity contribution in [2.24, 2.45) is 0 Å². The Hall–Kier alpha value is -2.08. The van der Waals surface area contributed by atoms with Gasteiger partial charge in [-0.2, -0.15) is 0 Å². The minimum absolute atomic E-state index is 0.0578. The number of piperazine rings is 1. The molecule has 1 aliphatic rings. The molecule has 1 aromatic carbocycles. The standard InChI is InChI=1S/C17H26N4O2/c1-13-5-4-6-15(14(13)2)20-7-9-21(10-8-20)17(23)12-19-11-16(22)18-3/h4-6,19H,7-12H2,1-3H3,(H,18,22)/p+1. The maximum absolute atomic E-state index is 12.2. The largest absolute Gasteiger partial charge is 0.368 e. The third kappa shape index (κ3) is 4.45. The first-order chi connectivity index (χ1) is 11.0. The average molecular weight is 319 g/mol. The van der Waals surface area contributed by atoms with Crippen LogP contribution in [0.15, 0.2) is 18.2 Å². The summed E-state index contributed by atoms with van der Waals surface area (Å²) in [6.07, 6.45) is 0. The minimum Gasteiger partial charge on any atom is -0.368 e. The van der Waals surface area contributed by atoms with E-state index in [1.165, 1.54) is 16.8 Å². The summed E-state index contributed by atoms with van der Waals surface area (Å²) in [6.45, 7) is 8.08. The third-order valence-electron chi connectivity index (χ3n) is 4.48. The van der Waals surface area contributed by atoms with E-state index in [1.807, 2.05) is 4.90 Å². The summed E-state index contributed by atoms with van der Waals surface area (Å²) < 4.78 is 0. The number of rotatable bonds is 5. The van der Waals surface area contributed by atoms with Crippen LogP contribution in [0.1, 0.15) is 11.1 Å². The van der Waals surface area contributed by atoms with Crippen LogP contribution in [0, 0.1) is 13.8 Å². The molecule has 1 saturated heterocycles. The molecule has 0 aromatic heterocycles. The monoisotopic (exact) mass is 319 g/mol. The topological polar surface area (TPSA) is 69.3 Å². The molecule has 2 rings (SSSR count).